The maximum absolute atomic E-state index is 13.4. The van der Waals surface area contributed by atoms with E-state index in [0.717, 1.165) is 6.07 Å². The summed E-state index contributed by atoms with van der Waals surface area (Å²) >= 11 is 5.62. The Morgan fingerprint density at radius 3 is 2.74 bits per heavy atom. The molecule has 1 aromatic carbocycles. The molecule has 3 rings (SSSR count). The van der Waals surface area contributed by atoms with Crippen molar-refractivity contribution in [1.29, 1.82) is 0 Å². The van der Waals surface area contributed by atoms with E-state index in [-0.39, 0.29) is 35.4 Å². The number of hydrogen-bond donors (Lipinski definition) is 1. The van der Waals surface area contributed by atoms with E-state index in [4.69, 9.17) is 25.5 Å². The molecule has 11 heteroatoms. The van der Waals surface area contributed by atoms with Crippen molar-refractivity contribution >= 4 is 23.6 Å². The molecule has 2 aromatic rings. The summed E-state index contributed by atoms with van der Waals surface area (Å²) in [6.45, 7) is 11.3. The van der Waals surface area contributed by atoms with Crippen LogP contribution in [0.15, 0.2) is 34.9 Å². The third-order valence-corrected chi connectivity index (χ3v) is 5.42. The van der Waals surface area contributed by atoms with E-state index in [9.17, 15) is 14.0 Å². The van der Waals surface area contributed by atoms with Crippen LogP contribution in [0.2, 0.25) is 5.02 Å². The summed E-state index contributed by atoms with van der Waals surface area (Å²) in [4.78, 5) is 25.9. The van der Waals surface area contributed by atoms with Gasteiger partial charge in [0, 0.05) is 30.8 Å². The molecule has 1 fully saturated rings. The van der Waals surface area contributed by atoms with Crippen molar-refractivity contribution in [2.75, 3.05) is 13.2 Å². The Morgan fingerprint density at radius 2 is 2.09 bits per heavy atom. The summed E-state index contributed by atoms with van der Waals surface area (Å²) < 4.78 is 29.8. The first-order valence-corrected chi connectivity index (χ1v) is 11.2. The summed E-state index contributed by atoms with van der Waals surface area (Å²) in [6, 6.07) is 3.80. The smallest absolute Gasteiger partial charge is 0.410 e. The van der Waals surface area contributed by atoms with Crippen LogP contribution in [0.1, 0.15) is 51.8 Å². The summed E-state index contributed by atoms with van der Waals surface area (Å²) in [6.07, 6.45) is 0.396. The number of allylic oxidation sites excluding steroid dienone is 1. The van der Waals surface area contributed by atoms with Crippen LogP contribution < -0.4 is 10.1 Å². The molecule has 9 nitrogen and oxygen atoms in total. The lowest BCUT2D eigenvalue weighted by Gasteiger charge is -2.44. The van der Waals surface area contributed by atoms with Gasteiger partial charge in [0.2, 0.25) is 11.8 Å². The van der Waals surface area contributed by atoms with Gasteiger partial charge in [-0.15, -0.1) is 10.2 Å². The minimum atomic E-state index is -0.628. The topological polar surface area (TPSA) is 107 Å². The minimum absolute atomic E-state index is 0.0264. The van der Waals surface area contributed by atoms with Crippen molar-refractivity contribution in [3.63, 3.8) is 0 Å². The zero-order valence-corrected chi connectivity index (χ0v) is 20.3. The van der Waals surface area contributed by atoms with Crippen LogP contribution in [0.3, 0.4) is 0 Å². The summed E-state index contributed by atoms with van der Waals surface area (Å²) in [7, 11) is 0. The van der Waals surface area contributed by atoms with Crippen LogP contribution in [0.5, 0.6) is 5.75 Å². The fourth-order valence-electron chi connectivity index (χ4n) is 3.24. The molecule has 0 spiro atoms. The van der Waals surface area contributed by atoms with Gasteiger partial charge in [0.25, 0.3) is 5.91 Å². The molecule has 1 aromatic heterocycles. The van der Waals surface area contributed by atoms with Gasteiger partial charge < -0.3 is 24.1 Å². The van der Waals surface area contributed by atoms with Crippen LogP contribution in [0.4, 0.5) is 9.18 Å². The van der Waals surface area contributed by atoms with Gasteiger partial charge in [0.15, 0.2) is 6.61 Å². The monoisotopic (exact) mass is 494 g/mol. The molecule has 0 saturated carbocycles. The number of benzene rings is 1. The van der Waals surface area contributed by atoms with Gasteiger partial charge in [-0.05, 0) is 46.2 Å². The molecule has 1 aliphatic heterocycles. The number of hydrogen-bond acceptors (Lipinski definition) is 7. The zero-order valence-electron chi connectivity index (χ0n) is 19.6. The highest BCUT2D eigenvalue weighted by Gasteiger charge is 2.44. The Balaban J connectivity index is 1.40. The molecule has 0 bridgehead atoms. The van der Waals surface area contributed by atoms with Crippen molar-refractivity contribution in [1.82, 2.24) is 20.4 Å². The van der Waals surface area contributed by atoms with E-state index >= 15 is 0 Å². The first-order chi connectivity index (χ1) is 15.9. The van der Waals surface area contributed by atoms with Crippen LogP contribution in [0, 0.1) is 5.82 Å². The molecule has 184 valence electrons. The van der Waals surface area contributed by atoms with Crippen molar-refractivity contribution in [3.8, 4) is 5.75 Å². The predicted molar refractivity (Wildman–Crippen MR) is 122 cm³/mol. The van der Waals surface area contributed by atoms with Crippen LogP contribution >= 0.6 is 11.6 Å². The lowest BCUT2D eigenvalue weighted by molar-refractivity contribution is -0.122. The van der Waals surface area contributed by atoms with E-state index < -0.39 is 17.3 Å². The Morgan fingerprint density at radius 1 is 1.35 bits per heavy atom. The Bertz CT molecular complexity index is 1070. The molecule has 1 saturated heterocycles. The summed E-state index contributed by atoms with van der Waals surface area (Å²) in [5.41, 5.74) is -0.110. The molecule has 0 aliphatic carbocycles. The number of nitrogens with one attached hydrogen (secondary N) is 1. The van der Waals surface area contributed by atoms with E-state index in [1.807, 2.05) is 27.7 Å². The van der Waals surface area contributed by atoms with Gasteiger partial charge in [-0.25, -0.2) is 9.18 Å². The summed E-state index contributed by atoms with van der Waals surface area (Å²) in [5.74, 6) is -0.0707. The normalized spacial score (nSPS) is 17.6. The maximum Gasteiger partial charge on any atom is 0.410 e. The molecule has 2 atom stereocenters. The number of aryl methyl sites for hydroxylation is 1. The Labute approximate surface area is 202 Å². The second-order valence-electron chi connectivity index (χ2n) is 9.03. The van der Waals surface area contributed by atoms with Crippen molar-refractivity contribution in [2.24, 2.45) is 0 Å². The van der Waals surface area contributed by atoms with Gasteiger partial charge in [-0.3, -0.25) is 4.79 Å². The third kappa shape index (κ3) is 6.69. The fraction of sp³-hybridized carbons (Fsp3) is 0.478. The fourth-order valence-corrected chi connectivity index (χ4v) is 3.36. The largest absolute Gasteiger partial charge is 0.484 e. The average Bonchev–Trinajstić information content (AvgIpc) is 3.19. The van der Waals surface area contributed by atoms with Gasteiger partial charge in [-0.1, -0.05) is 18.2 Å². The van der Waals surface area contributed by atoms with Gasteiger partial charge in [-0.2, -0.15) is 0 Å². The number of ether oxygens (including phenoxy) is 2. The standard InChI is InChI=1S/C23H28ClFN4O5/c1-13(26-19(30)12-32-15-7-8-17(24)18(25)10-15)6-9-20-27-28-21(33-20)16-11-29(14(16)2)22(31)34-23(3,4)5/h7-8,10,14,16H,1,6,9,11-12H2,2-5H3,(H,26,30)/t14-,16?/m0/s1. The zero-order chi connectivity index (χ0) is 25.0. The van der Waals surface area contributed by atoms with Crippen molar-refractivity contribution in [3.05, 3.63) is 53.1 Å². The Kier molecular flexibility index (Phi) is 7.81. The second kappa shape index (κ2) is 10.4. The van der Waals surface area contributed by atoms with E-state index in [2.05, 4.69) is 22.1 Å². The number of rotatable bonds is 8. The highest BCUT2D eigenvalue weighted by atomic mass is 35.5. The van der Waals surface area contributed by atoms with Gasteiger partial charge in [0.05, 0.1) is 10.9 Å². The molecular weight excluding hydrogens is 467 g/mol. The molecule has 1 unspecified atom stereocenters. The first-order valence-electron chi connectivity index (χ1n) is 10.8. The molecule has 1 aliphatic rings. The molecule has 0 radical (unpaired) electrons. The number of halogens is 2. The Hall–Kier alpha value is -3.14. The molecule has 34 heavy (non-hydrogen) atoms. The van der Waals surface area contributed by atoms with E-state index in [1.165, 1.54) is 12.1 Å². The molecule has 2 heterocycles. The second-order valence-corrected chi connectivity index (χ2v) is 9.44. The molecule has 1 N–H and O–H groups in total. The van der Waals surface area contributed by atoms with Crippen LogP contribution in [0.25, 0.3) is 0 Å². The molecule has 2 amide bonds. The van der Waals surface area contributed by atoms with Gasteiger partial charge >= 0.3 is 6.09 Å². The quantitative estimate of drug-likeness (QED) is 0.585. The maximum atomic E-state index is 13.4. The number of aromatic nitrogens is 2. The lowest BCUT2D eigenvalue weighted by atomic mass is 9.90. The average molecular weight is 495 g/mol. The first kappa shape index (κ1) is 25.5. The van der Waals surface area contributed by atoms with E-state index in [1.54, 1.807) is 4.90 Å². The van der Waals surface area contributed by atoms with Crippen molar-refractivity contribution in [2.45, 2.75) is 58.1 Å². The third-order valence-electron chi connectivity index (χ3n) is 5.11. The lowest BCUT2D eigenvalue weighted by Crippen LogP contribution is -2.56. The number of carbonyl (C=O) groups is 2. The molecular formula is C23H28ClFN4O5. The minimum Gasteiger partial charge on any atom is -0.484 e. The predicted octanol–water partition coefficient (Wildman–Crippen LogP) is 4.23. The number of nitrogens with zero attached hydrogens (tertiary/aromatic N) is 3. The SMILES string of the molecule is C=C(CCc1nnc(C2CN(C(=O)OC(C)(C)C)[C@H]2C)o1)NC(=O)COc1ccc(Cl)c(F)c1. The van der Waals surface area contributed by atoms with Crippen LogP contribution in [-0.4, -0.2) is 51.9 Å². The van der Waals surface area contributed by atoms with E-state index in [0.29, 0.717) is 36.9 Å². The van der Waals surface area contributed by atoms with Crippen LogP contribution in [-0.2, 0) is 16.0 Å². The highest BCUT2D eigenvalue weighted by molar-refractivity contribution is 6.30. The summed E-state index contributed by atoms with van der Waals surface area (Å²) in [5, 5.41) is 10.7. The number of carbonyl (C=O) groups excluding carboxylic acids is 2. The van der Waals surface area contributed by atoms with Crippen molar-refractivity contribution < 1.29 is 27.9 Å². The van der Waals surface area contributed by atoms with Gasteiger partial charge in [0.1, 0.15) is 17.2 Å². The number of amides is 2. The number of likely N-dealkylation sites (tertiary alicyclic amines) is 1. The highest BCUT2D eigenvalue weighted by Crippen LogP contribution is 2.34.